The lowest BCUT2D eigenvalue weighted by Gasteiger charge is -2.21. The zero-order valence-corrected chi connectivity index (χ0v) is 13.2. The first kappa shape index (κ1) is 16.3. The van der Waals surface area contributed by atoms with Crippen LogP contribution in [0.1, 0.15) is 54.4 Å². The van der Waals surface area contributed by atoms with Gasteiger partial charge in [-0.15, -0.1) is 11.6 Å². The van der Waals surface area contributed by atoms with Crippen molar-refractivity contribution in [3.05, 3.63) is 35.4 Å². The summed E-state index contributed by atoms with van der Waals surface area (Å²) >= 11 is 5.77. The van der Waals surface area contributed by atoms with Gasteiger partial charge in [-0.2, -0.15) is 0 Å². The molecule has 0 atom stereocenters. The van der Waals surface area contributed by atoms with E-state index < -0.39 is 0 Å². The van der Waals surface area contributed by atoms with E-state index in [9.17, 15) is 4.79 Å². The van der Waals surface area contributed by atoms with Gasteiger partial charge in [0.05, 0.1) is 6.10 Å². The highest BCUT2D eigenvalue weighted by Crippen LogP contribution is 2.20. The first-order valence-corrected chi connectivity index (χ1v) is 8.38. The maximum Gasteiger partial charge on any atom is 0.251 e. The van der Waals surface area contributed by atoms with Crippen LogP contribution in [0.4, 0.5) is 0 Å². The van der Waals surface area contributed by atoms with Gasteiger partial charge >= 0.3 is 0 Å². The van der Waals surface area contributed by atoms with Gasteiger partial charge in [-0.3, -0.25) is 4.79 Å². The molecule has 0 radical (unpaired) electrons. The highest BCUT2D eigenvalue weighted by molar-refractivity contribution is 6.17. The smallest absolute Gasteiger partial charge is 0.251 e. The van der Waals surface area contributed by atoms with E-state index in [0.29, 0.717) is 24.1 Å². The third-order valence-electron chi connectivity index (χ3n) is 3.86. The maximum absolute atomic E-state index is 12.0. The van der Waals surface area contributed by atoms with Gasteiger partial charge in [-0.1, -0.05) is 31.4 Å². The van der Waals surface area contributed by atoms with E-state index in [-0.39, 0.29) is 5.91 Å². The molecule has 0 saturated heterocycles. The van der Waals surface area contributed by atoms with Crippen molar-refractivity contribution < 1.29 is 9.53 Å². The number of benzene rings is 1. The minimum atomic E-state index is -0.0420. The zero-order valence-electron chi connectivity index (χ0n) is 12.4. The first-order chi connectivity index (χ1) is 10.3. The third kappa shape index (κ3) is 5.68. The third-order valence-corrected chi connectivity index (χ3v) is 4.16. The van der Waals surface area contributed by atoms with Crippen molar-refractivity contribution in [1.82, 2.24) is 5.32 Å². The van der Waals surface area contributed by atoms with E-state index >= 15 is 0 Å². The number of halogens is 1. The van der Waals surface area contributed by atoms with Crippen LogP contribution in [0, 0.1) is 0 Å². The molecular formula is C17H24ClNO2. The summed E-state index contributed by atoms with van der Waals surface area (Å²) in [6.07, 6.45) is 7.61. The number of carbonyl (C=O) groups excluding carboxylic acids is 1. The summed E-state index contributed by atoms with van der Waals surface area (Å²) in [6, 6.07) is 7.42. The highest BCUT2D eigenvalue weighted by atomic mass is 35.5. The standard InChI is InChI=1S/C17H24ClNO2/c18-13-14-6-4-7-15(12-14)17(20)19-10-5-11-21-16-8-2-1-3-9-16/h4,6-7,12,16H,1-3,5,8-11,13H2,(H,19,20). The summed E-state index contributed by atoms with van der Waals surface area (Å²) in [7, 11) is 0. The molecule has 1 aliphatic carbocycles. The Balaban J connectivity index is 1.62. The van der Waals surface area contributed by atoms with Crippen molar-refractivity contribution in [2.24, 2.45) is 0 Å². The lowest BCUT2D eigenvalue weighted by molar-refractivity contribution is 0.0273. The molecule has 0 spiro atoms. The molecule has 4 heteroatoms. The van der Waals surface area contributed by atoms with Crippen molar-refractivity contribution in [1.29, 1.82) is 0 Å². The van der Waals surface area contributed by atoms with Gasteiger partial charge < -0.3 is 10.1 Å². The number of carbonyl (C=O) groups is 1. The molecular weight excluding hydrogens is 286 g/mol. The molecule has 1 saturated carbocycles. The van der Waals surface area contributed by atoms with E-state index in [1.165, 1.54) is 32.1 Å². The highest BCUT2D eigenvalue weighted by Gasteiger charge is 2.13. The molecule has 1 aliphatic rings. The van der Waals surface area contributed by atoms with Crippen LogP contribution in [0.3, 0.4) is 0 Å². The number of nitrogens with one attached hydrogen (secondary N) is 1. The van der Waals surface area contributed by atoms with Crippen molar-refractivity contribution in [3.63, 3.8) is 0 Å². The van der Waals surface area contributed by atoms with Gasteiger partial charge in [0.2, 0.25) is 0 Å². The van der Waals surface area contributed by atoms with E-state index in [0.717, 1.165) is 18.6 Å². The average molecular weight is 310 g/mol. The maximum atomic E-state index is 12.0. The lowest BCUT2D eigenvalue weighted by atomic mass is 9.98. The van der Waals surface area contributed by atoms with E-state index in [2.05, 4.69) is 5.32 Å². The predicted molar refractivity (Wildman–Crippen MR) is 85.8 cm³/mol. The molecule has 1 fully saturated rings. The molecule has 2 rings (SSSR count). The van der Waals surface area contributed by atoms with Crippen molar-refractivity contribution >= 4 is 17.5 Å². The molecule has 3 nitrogen and oxygen atoms in total. The summed E-state index contributed by atoms with van der Waals surface area (Å²) in [5, 5.41) is 2.93. The molecule has 116 valence electrons. The normalized spacial score (nSPS) is 15.9. The Hall–Kier alpha value is -1.06. The molecule has 1 aromatic rings. The Bertz CT molecular complexity index is 444. The van der Waals surface area contributed by atoms with Gasteiger partial charge in [0.1, 0.15) is 0 Å². The van der Waals surface area contributed by atoms with E-state index in [4.69, 9.17) is 16.3 Å². The number of hydrogen-bond acceptors (Lipinski definition) is 2. The Labute approximate surface area is 132 Å². The van der Waals surface area contributed by atoms with Crippen LogP contribution in [0.5, 0.6) is 0 Å². The summed E-state index contributed by atoms with van der Waals surface area (Å²) in [5.74, 6) is 0.385. The molecule has 1 N–H and O–H groups in total. The zero-order chi connectivity index (χ0) is 14.9. The monoisotopic (exact) mass is 309 g/mol. The van der Waals surface area contributed by atoms with E-state index in [1.807, 2.05) is 24.3 Å². The first-order valence-electron chi connectivity index (χ1n) is 7.84. The Morgan fingerprint density at radius 3 is 2.86 bits per heavy atom. The Morgan fingerprint density at radius 1 is 1.29 bits per heavy atom. The molecule has 21 heavy (non-hydrogen) atoms. The number of hydrogen-bond donors (Lipinski definition) is 1. The predicted octanol–water partition coefficient (Wildman–Crippen LogP) is 3.89. The Kier molecular flexibility index (Phi) is 7.04. The fraction of sp³-hybridized carbons (Fsp3) is 0.588. The van der Waals surface area contributed by atoms with Gasteiger partial charge in [-0.05, 0) is 37.0 Å². The average Bonchev–Trinajstić information content (AvgIpc) is 2.55. The van der Waals surface area contributed by atoms with Crippen molar-refractivity contribution in [3.8, 4) is 0 Å². The molecule has 0 aromatic heterocycles. The van der Waals surface area contributed by atoms with Crippen molar-refractivity contribution in [2.75, 3.05) is 13.2 Å². The molecule has 0 bridgehead atoms. The van der Waals surface area contributed by atoms with Crippen LogP contribution >= 0.6 is 11.6 Å². The molecule has 1 amide bonds. The number of alkyl halides is 1. The largest absolute Gasteiger partial charge is 0.378 e. The molecule has 0 unspecified atom stereocenters. The molecule has 0 heterocycles. The fourth-order valence-corrected chi connectivity index (χ4v) is 2.82. The van der Waals surface area contributed by atoms with Gasteiger partial charge in [0.15, 0.2) is 0 Å². The fourth-order valence-electron chi connectivity index (χ4n) is 2.65. The minimum absolute atomic E-state index is 0.0420. The second kappa shape index (κ2) is 9.06. The summed E-state index contributed by atoms with van der Waals surface area (Å²) in [6.45, 7) is 1.38. The second-order valence-corrected chi connectivity index (χ2v) is 5.84. The molecule has 1 aromatic carbocycles. The Morgan fingerprint density at radius 2 is 2.10 bits per heavy atom. The van der Waals surface area contributed by atoms with Crippen molar-refractivity contribution in [2.45, 2.75) is 50.5 Å². The quantitative estimate of drug-likeness (QED) is 0.613. The van der Waals surface area contributed by atoms with E-state index in [1.54, 1.807) is 0 Å². The van der Waals surface area contributed by atoms with Crippen LogP contribution in [0.15, 0.2) is 24.3 Å². The summed E-state index contributed by atoms with van der Waals surface area (Å²) < 4.78 is 5.84. The SMILES string of the molecule is O=C(NCCCOC1CCCCC1)c1cccc(CCl)c1. The number of ether oxygens (including phenoxy) is 1. The second-order valence-electron chi connectivity index (χ2n) is 5.57. The van der Waals surface area contributed by atoms with Gasteiger partial charge in [0, 0.05) is 24.6 Å². The summed E-state index contributed by atoms with van der Waals surface area (Å²) in [4.78, 5) is 12.0. The van der Waals surface area contributed by atoms with Crippen LogP contribution in [-0.2, 0) is 10.6 Å². The van der Waals surface area contributed by atoms with Crippen LogP contribution in [0.2, 0.25) is 0 Å². The van der Waals surface area contributed by atoms with Crippen LogP contribution < -0.4 is 5.32 Å². The topological polar surface area (TPSA) is 38.3 Å². The van der Waals surface area contributed by atoms with Gasteiger partial charge in [0.25, 0.3) is 5.91 Å². The van der Waals surface area contributed by atoms with Crippen LogP contribution in [0.25, 0.3) is 0 Å². The lowest BCUT2D eigenvalue weighted by Crippen LogP contribution is -2.26. The number of amides is 1. The van der Waals surface area contributed by atoms with Crippen LogP contribution in [-0.4, -0.2) is 25.2 Å². The number of rotatable bonds is 7. The minimum Gasteiger partial charge on any atom is -0.378 e. The summed E-state index contributed by atoms with van der Waals surface area (Å²) in [5.41, 5.74) is 1.63. The molecule has 0 aliphatic heterocycles. The van der Waals surface area contributed by atoms with Gasteiger partial charge in [-0.25, -0.2) is 0 Å².